The lowest BCUT2D eigenvalue weighted by Gasteiger charge is -2.24. The number of carbonyl (C=O) groups is 2. The minimum atomic E-state index is -2.08. The van der Waals surface area contributed by atoms with Gasteiger partial charge in [0.2, 0.25) is 5.91 Å². The topological polar surface area (TPSA) is 147 Å². The smallest absolute Gasteiger partial charge is 0.258 e. The minimum Gasteiger partial charge on any atom is -0.394 e. The average Bonchev–Trinajstić information content (AvgIpc) is 2.23. The first kappa shape index (κ1) is 14.9. The van der Waals surface area contributed by atoms with E-state index in [0.29, 0.717) is 0 Å². The van der Waals surface area contributed by atoms with E-state index < -0.39 is 42.8 Å². The summed E-state index contributed by atoms with van der Waals surface area (Å²) < 4.78 is 0. The Balaban J connectivity index is 4.42. The van der Waals surface area contributed by atoms with E-state index in [0.717, 1.165) is 6.92 Å². The highest BCUT2D eigenvalue weighted by Gasteiger charge is 2.34. The van der Waals surface area contributed by atoms with Gasteiger partial charge in [0.25, 0.3) is 5.91 Å². The predicted molar refractivity (Wildman–Crippen MR) is 49.9 cm³/mol. The molecule has 0 bridgehead atoms. The van der Waals surface area contributed by atoms with Gasteiger partial charge >= 0.3 is 0 Å². The van der Waals surface area contributed by atoms with E-state index in [2.05, 4.69) is 0 Å². The van der Waals surface area contributed by atoms with Crippen molar-refractivity contribution >= 4 is 11.8 Å². The van der Waals surface area contributed by atoms with E-state index in [1.165, 1.54) is 0 Å². The Morgan fingerprint density at radius 3 is 2.00 bits per heavy atom. The molecule has 0 unspecified atom stereocenters. The lowest BCUT2D eigenvalue weighted by molar-refractivity contribution is -0.150. The molecule has 0 fully saturated rings. The van der Waals surface area contributed by atoms with E-state index in [-0.39, 0.29) is 0 Å². The van der Waals surface area contributed by atoms with Gasteiger partial charge in [-0.25, -0.2) is 0 Å². The molecular formula is C8H15NO7. The van der Waals surface area contributed by atoms with Gasteiger partial charge in [-0.1, -0.05) is 0 Å². The number of carbonyl (C=O) groups excluding carboxylic acids is 2. The van der Waals surface area contributed by atoms with Crippen LogP contribution in [0.5, 0.6) is 0 Å². The van der Waals surface area contributed by atoms with Crippen LogP contribution in [-0.2, 0) is 9.59 Å². The van der Waals surface area contributed by atoms with Crippen LogP contribution in [0.4, 0.5) is 0 Å². The number of amides is 2. The maximum atomic E-state index is 11.0. The zero-order chi connectivity index (χ0) is 12.9. The molecule has 8 nitrogen and oxygen atoms in total. The largest absolute Gasteiger partial charge is 0.394 e. The maximum Gasteiger partial charge on any atom is 0.258 e. The van der Waals surface area contributed by atoms with Crippen LogP contribution in [0, 0.1) is 0 Å². The molecule has 6 N–H and O–H groups in total. The van der Waals surface area contributed by atoms with Gasteiger partial charge in [0.15, 0.2) is 6.10 Å². The predicted octanol–water partition coefficient (Wildman–Crippen LogP) is -3.91. The van der Waals surface area contributed by atoms with Crippen LogP contribution in [0.25, 0.3) is 0 Å². The van der Waals surface area contributed by atoms with Gasteiger partial charge in [-0.2, -0.15) is 0 Å². The monoisotopic (exact) mass is 237 g/mol. The molecule has 8 heteroatoms. The molecule has 0 aliphatic rings. The van der Waals surface area contributed by atoms with Gasteiger partial charge in [-0.3, -0.25) is 14.9 Å². The summed E-state index contributed by atoms with van der Waals surface area (Å²) >= 11 is 0. The van der Waals surface area contributed by atoms with E-state index >= 15 is 0 Å². The van der Waals surface area contributed by atoms with Crippen LogP contribution >= 0.6 is 0 Å². The normalized spacial score (nSPS) is 18.4. The lowest BCUT2D eigenvalue weighted by atomic mass is 10.0. The fourth-order valence-corrected chi connectivity index (χ4v) is 0.925. The molecule has 0 aromatic rings. The first-order valence-corrected chi connectivity index (χ1v) is 4.45. The molecular weight excluding hydrogens is 222 g/mol. The molecule has 94 valence electrons. The second kappa shape index (κ2) is 6.51. The van der Waals surface area contributed by atoms with Crippen molar-refractivity contribution < 1.29 is 35.1 Å². The van der Waals surface area contributed by atoms with Gasteiger partial charge in [0.1, 0.15) is 18.3 Å². The van der Waals surface area contributed by atoms with Gasteiger partial charge in [-0.15, -0.1) is 0 Å². The third-order valence-corrected chi connectivity index (χ3v) is 1.82. The maximum absolute atomic E-state index is 11.0. The Morgan fingerprint density at radius 1 is 1.12 bits per heavy atom. The zero-order valence-electron chi connectivity index (χ0n) is 8.57. The fourth-order valence-electron chi connectivity index (χ4n) is 0.925. The molecule has 0 aliphatic carbocycles. The second-order valence-electron chi connectivity index (χ2n) is 3.22. The van der Waals surface area contributed by atoms with Crippen LogP contribution in [-0.4, -0.2) is 68.4 Å². The van der Waals surface area contributed by atoms with Crippen molar-refractivity contribution in [1.82, 2.24) is 5.32 Å². The zero-order valence-corrected chi connectivity index (χ0v) is 8.57. The van der Waals surface area contributed by atoms with Gasteiger partial charge in [-0.05, 0) is 0 Å². The average molecular weight is 237 g/mol. The van der Waals surface area contributed by atoms with Crippen molar-refractivity contribution in [2.75, 3.05) is 6.61 Å². The molecule has 0 spiro atoms. The number of hydrogen-bond acceptors (Lipinski definition) is 7. The van der Waals surface area contributed by atoms with E-state index in [1.54, 1.807) is 5.32 Å². The molecule has 0 aliphatic heterocycles. The van der Waals surface area contributed by atoms with Crippen LogP contribution in [0.3, 0.4) is 0 Å². The lowest BCUT2D eigenvalue weighted by Crippen LogP contribution is -2.52. The van der Waals surface area contributed by atoms with Crippen LogP contribution < -0.4 is 5.32 Å². The summed E-state index contributed by atoms with van der Waals surface area (Å²) in [5.41, 5.74) is 0. The molecule has 0 aromatic carbocycles. The number of hydrogen-bond donors (Lipinski definition) is 6. The second-order valence-corrected chi connectivity index (χ2v) is 3.22. The van der Waals surface area contributed by atoms with Gasteiger partial charge < -0.3 is 25.5 Å². The minimum absolute atomic E-state index is 0.742. The first-order chi connectivity index (χ1) is 7.31. The third-order valence-electron chi connectivity index (χ3n) is 1.82. The Labute approximate surface area is 91.1 Å². The molecule has 0 rings (SSSR count). The highest BCUT2D eigenvalue weighted by molar-refractivity contribution is 5.96. The first-order valence-electron chi connectivity index (χ1n) is 4.45. The van der Waals surface area contributed by atoms with E-state index in [1.807, 2.05) is 0 Å². The molecule has 0 saturated carbocycles. The SMILES string of the molecule is CC(=O)NC(=O)[C@H](O)[C@H](O)[C@@H](O)[C@H](O)CO. The number of aliphatic hydroxyl groups excluding tert-OH is 5. The van der Waals surface area contributed by atoms with Crippen molar-refractivity contribution in [2.45, 2.75) is 31.3 Å². The number of nitrogens with one attached hydrogen (secondary N) is 1. The van der Waals surface area contributed by atoms with Crippen molar-refractivity contribution in [1.29, 1.82) is 0 Å². The molecule has 0 radical (unpaired) electrons. The van der Waals surface area contributed by atoms with Gasteiger partial charge in [0, 0.05) is 6.92 Å². The van der Waals surface area contributed by atoms with E-state index in [4.69, 9.17) is 15.3 Å². The Morgan fingerprint density at radius 2 is 1.62 bits per heavy atom. The van der Waals surface area contributed by atoms with Gasteiger partial charge in [0.05, 0.1) is 6.61 Å². The summed E-state index contributed by atoms with van der Waals surface area (Å²) in [6.45, 7) is 0.176. The summed E-state index contributed by atoms with van der Waals surface area (Å²) in [6, 6.07) is 0. The molecule has 0 aromatic heterocycles. The van der Waals surface area contributed by atoms with Crippen LogP contribution in [0.2, 0.25) is 0 Å². The fraction of sp³-hybridized carbons (Fsp3) is 0.750. The molecule has 4 atom stereocenters. The molecule has 2 amide bonds. The summed E-state index contributed by atoms with van der Waals surface area (Å²) in [7, 11) is 0. The summed E-state index contributed by atoms with van der Waals surface area (Å²) in [5.74, 6) is -1.95. The van der Waals surface area contributed by atoms with Crippen LogP contribution in [0.1, 0.15) is 6.92 Å². The Bertz CT molecular complexity index is 257. The van der Waals surface area contributed by atoms with Crippen molar-refractivity contribution in [3.8, 4) is 0 Å². The summed E-state index contributed by atoms with van der Waals surface area (Å²) in [6.07, 6.45) is -7.70. The molecule has 0 heterocycles. The summed E-state index contributed by atoms with van der Waals surface area (Å²) in [5, 5.41) is 46.7. The highest BCUT2D eigenvalue weighted by atomic mass is 16.4. The molecule has 0 saturated heterocycles. The standard InChI is InChI=1S/C8H15NO7/c1-3(11)9-8(16)7(15)6(14)5(13)4(12)2-10/h4-7,10,12-15H,2H2,1H3,(H,9,11,16)/t4-,5+,6-,7-/m1/s1. The number of imide groups is 1. The highest BCUT2D eigenvalue weighted by Crippen LogP contribution is 2.05. The molecule has 16 heavy (non-hydrogen) atoms. The van der Waals surface area contributed by atoms with E-state index in [9.17, 15) is 19.8 Å². The van der Waals surface area contributed by atoms with Crippen molar-refractivity contribution in [3.63, 3.8) is 0 Å². The van der Waals surface area contributed by atoms with Crippen molar-refractivity contribution in [2.24, 2.45) is 0 Å². The van der Waals surface area contributed by atoms with Crippen molar-refractivity contribution in [3.05, 3.63) is 0 Å². The number of aliphatic hydroxyl groups is 5. The Kier molecular flexibility index (Phi) is 6.08. The number of rotatable bonds is 5. The Hall–Kier alpha value is -1.06. The van der Waals surface area contributed by atoms with Crippen LogP contribution in [0.15, 0.2) is 0 Å². The summed E-state index contributed by atoms with van der Waals surface area (Å²) in [4.78, 5) is 21.5. The third kappa shape index (κ3) is 4.21. The quantitative estimate of drug-likeness (QED) is 0.286.